The molecule has 0 saturated heterocycles. The summed E-state index contributed by atoms with van der Waals surface area (Å²) in [5, 5.41) is 4.32. The van der Waals surface area contributed by atoms with E-state index in [9.17, 15) is 4.79 Å². The molecule has 0 bridgehead atoms. The van der Waals surface area contributed by atoms with Crippen LogP contribution in [0.3, 0.4) is 0 Å². The smallest absolute Gasteiger partial charge is 0.271 e. The Kier molecular flexibility index (Phi) is 9.40. The summed E-state index contributed by atoms with van der Waals surface area (Å²) in [4.78, 5) is 12.6. The number of rotatable bonds is 11. The van der Waals surface area contributed by atoms with E-state index in [4.69, 9.17) is 37.0 Å². The molecule has 0 aromatic heterocycles. The van der Waals surface area contributed by atoms with Gasteiger partial charge in [0, 0.05) is 5.56 Å². The predicted octanol–water partition coefficient (Wildman–Crippen LogP) is 5.10. The number of terminal acetylenes is 1. The largest absolute Gasteiger partial charge is 0.493 e. The van der Waals surface area contributed by atoms with E-state index in [1.807, 2.05) is 37.3 Å². The highest BCUT2D eigenvalue weighted by molar-refractivity contribution is 6.32. The molecule has 3 aromatic carbocycles. The third kappa shape index (κ3) is 7.16. The first kappa shape index (κ1) is 25.5. The third-order valence-electron chi connectivity index (χ3n) is 4.67. The quantitative estimate of drug-likeness (QED) is 0.229. The highest BCUT2D eigenvalue weighted by Crippen LogP contribution is 2.36. The lowest BCUT2D eigenvalue weighted by atomic mass is 10.2. The first-order valence-corrected chi connectivity index (χ1v) is 11.1. The maximum atomic E-state index is 12.6. The minimum absolute atomic E-state index is 0.0550. The molecule has 0 spiro atoms. The number of ether oxygens (including phenoxy) is 4. The molecular formula is C27H25ClN2O5. The molecule has 0 fully saturated rings. The van der Waals surface area contributed by atoms with Gasteiger partial charge < -0.3 is 18.9 Å². The van der Waals surface area contributed by atoms with Crippen LogP contribution in [0.5, 0.6) is 23.0 Å². The zero-order valence-corrected chi connectivity index (χ0v) is 20.2. The van der Waals surface area contributed by atoms with Crippen molar-refractivity contribution in [3.05, 3.63) is 82.4 Å². The fourth-order valence-electron chi connectivity index (χ4n) is 3.07. The van der Waals surface area contributed by atoms with E-state index < -0.39 is 5.91 Å². The summed E-state index contributed by atoms with van der Waals surface area (Å²) in [5.74, 6) is 3.71. The minimum atomic E-state index is -0.413. The molecule has 0 aliphatic rings. The number of halogens is 1. The molecule has 1 amide bonds. The van der Waals surface area contributed by atoms with E-state index in [2.05, 4.69) is 16.4 Å². The Morgan fingerprint density at radius 2 is 1.86 bits per heavy atom. The third-order valence-corrected chi connectivity index (χ3v) is 4.95. The molecule has 0 heterocycles. The minimum Gasteiger partial charge on any atom is -0.493 e. The Hall–Kier alpha value is -4.15. The summed E-state index contributed by atoms with van der Waals surface area (Å²) in [5.41, 5.74) is 4.48. The molecule has 0 radical (unpaired) electrons. The van der Waals surface area contributed by atoms with Gasteiger partial charge in [-0.2, -0.15) is 5.10 Å². The van der Waals surface area contributed by atoms with Crippen LogP contribution in [-0.4, -0.2) is 32.4 Å². The van der Waals surface area contributed by atoms with Crippen LogP contribution in [0.25, 0.3) is 0 Å². The van der Waals surface area contributed by atoms with Crippen LogP contribution in [0.15, 0.2) is 65.8 Å². The van der Waals surface area contributed by atoms with Crippen LogP contribution in [0.2, 0.25) is 5.02 Å². The van der Waals surface area contributed by atoms with Crippen LogP contribution < -0.4 is 24.4 Å². The number of hydrogen-bond acceptors (Lipinski definition) is 6. The summed E-state index contributed by atoms with van der Waals surface area (Å²) >= 11 is 6.26. The van der Waals surface area contributed by atoms with Crippen LogP contribution in [0.1, 0.15) is 28.4 Å². The standard InChI is InChI=1S/C27H25ClN2O5/c1-4-13-34-26-22(28)14-20(15-25(26)32-3)17-29-30-27(31)21-11-12-23(24(16-21)33-5-2)35-18-19-9-7-6-8-10-19/h1,6-12,14-17H,5,13,18H2,2-3H3,(H,30,31)/b29-17+. The Morgan fingerprint density at radius 3 is 2.57 bits per heavy atom. The van der Waals surface area contributed by atoms with Gasteiger partial charge in [0.25, 0.3) is 5.91 Å². The molecule has 35 heavy (non-hydrogen) atoms. The highest BCUT2D eigenvalue weighted by atomic mass is 35.5. The van der Waals surface area contributed by atoms with Gasteiger partial charge in [-0.15, -0.1) is 6.42 Å². The Balaban J connectivity index is 1.68. The van der Waals surface area contributed by atoms with Crippen molar-refractivity contribution in [1.82, 2.24) is 5.43 Å². The molecule has 8 heteroatoms. The molecular weight excluding hydrogens is 468 g/mol. The Morgan fingerprint density at radius 1 is 1.06 bits per heavy atom. The highest BCUT2D eigenvalue weighted by Gasteiger charge is 2.13. The van der Waals surface area contributed by atoms with Crippen LogP contribution in [0.4, 0.5) is 0 Å². The van der Waals surface area contributed by atoms with Crippen molar-refractivity contribution < 1.29 is 23.7 Å². The van der Waals surface area contributed by atoms with Gasteiger partial charge in [0.15, 0.2) is 23.0 Å². The number of hydrogen-bond donors (Lipinski definition) is 1. The number of nitrogens with zero attached hydrogens (tertiary/aromatic N) is 1. The number of methoxy groups -OCH3 is 1. The van der Waals surface area contributed by atoms with Gasteiger partial charge in [-0.3, -0.25) is 4.79 Å². The summed E-state index contributed by atoms with van der Waals surface area (Å²) in [6.07, 6.45) is 6.67. The Bertz CT molecular complexity index is 1220. The van der Waals surface area contributed by atoms with Gasteiger partial charge in [0.2, 0.25) is 0 Å². The van der Waals surface area contributed by atoms with Crippen molar-refractivity contribution in [1.29, 1.82) is 0 Å². The monoisotopic (exact) mass is 492 g/mol. The number of nitrogens with one attached hydrogen (secondary N) is 1. The molecule has 0 aliphatic heterocycles. The average molecular weight is 493 g/mol. The first-order chi connectivity index (χ1) is 17.0. The lowest BCUT2D eigenvalue weighted by Gasteiger charge is -2.13. The second kappa shape index (κ2) is 12.9. The number of hydrazone groups is 1. The molecule has 0 saturated carbocycles. The summed E-state index contributed by atoms with van der Waals surface area (Å²) in [6, 6.07) is 18.0. The van der Waals surface area contributed by atoms with E-state index in [1.54, 1.807) is 30.3 Å². The number of carbonyl (C=O) groups is 1. The molecule has 3 rings (SSSR count). The summed E-state index contributed by atoms with van der Waals surface area (Å²) in [6.45, 7) is 2.73. The molecule has 180 valence electrons. The topological polar surface area (TPSA) is 78.4 Å². The van der Waals surface area contributed by atoms with E-state index >= 15 is 0 Å². The van der Waals surface area contributed by atoms with Gasteiger partial charge in [-0.05, 0) is 48.4 Å². The molecule has 0 unspecified atom stereocenters. The van der Waals surface area contributed by atoms with Crippen molar-refractivity contribution in [3.8, 4) is 35.3 Å². The SMILES string of the molecule is C#CCOc1c(Cl)cc(/C=N/NC(=O)c2ccc(OCc3ccccc3)c(OCC)c2)cc1OC. The van der Waals surface area contributed by atoms with Gasteiger partial charge >= 0.3 is 0 Å². The second-order valence-corrected chi connectivity index (χ2v) is 7.50. The Labute approximate surface area is 209 Å². The van der Waals surface area contributed by atoms with Gasteiger partial charge in [-0.25, -0.2) is 5.43 Å². The van der Waals surface area contributed by atoms with Crippen molar-refractivity contribution in [2.45, 2.75) is 13.5 Å². The number of benzene rings is 3. The van der Waals surface area contributed by atoms with Crippen molar-refractivity contribution in [2.24, 2.45) is 5.10 Å². The maximum Gasteiger partial charge on any atom is 0.271 e. The molecule has 7 nitrogen and oxygen atoms in total. The van der Waals surface area contributed by atoms with E-state index in [0.717, 1.165) is 5.56 Å². The van der Waals surface area contributed by atoms with Gasteiger partial charge in [-0.1, -0.05) is 47.9 Å². The summed E-state index contributed by atoms with van der Waals surface area (Å²) in [7, 11) is 1.49. The molecule has 3 aromatic rings. The van der Waals surface area contributed by atoms with Crippen molar-refractivity contribution in [2.75, 3.05) is 20.3 Å². The van der Waals surface area contributed by atoms with Crippen molar-refractivity contribution in [3.63, 3.8) is 0 Å². The van der Waals surface area contributed by atoms with Gasteiger partial charge in [0.1, 0.15) is 13.2 Å². The van der Waals surface area contributed by atoms with E-state index in [1.165, 1.54) is 13.3 Å². The first-order valence-electron chi connectivity index (χ1n) is 10.8. The lowest BCUT2D eigenvalue weighted by molar-refractivity contribution is 0.0954. The van der Waals surface area contributed by atoms with Crippen LogP contribution in [0, 0.1) is 12.3 Å². The van der Waals surface area contributed by atoms with Gasteiger partial charge in [0.05, 0.1) is 25.0 Å². The molecule has 0 atom stereocenters. The molecule has 1 N–H and O–H groups in total. The van der Waals surface area contributed by atoms with Crippen LogP contribution >= 0.6 is 11.6 Å². The second-order valence-electron chi connectivity index (χ2n) is 7.09. The fraction of sp³-hybridized carbons (Fsp3) is 0.185. The lowest BCUT2D eigenvalue weighted by Crippen LogP contribution is -2.17. The normalized spacial score (nSPS) is 10.5. The predicted molar refractivity (Wildman–Crippen MR) is 136 cm³/mol. The average Bonchev–Trinajstić information content (AvgIpc) is 2.87. The summed E-state index contributed by atoms with van der Waals surface area (Å²) < 4.78 is 22.3. The zero-order chi connectivity index (χ0) is 25.0. The number of amides is 1. The van der Waals surface area contributed by atoms with Crippen LogP contribution in [-0.2, 0) is 6.61 Å². The number of carbonyl (C=O) groups excluding carboxylic acids is 1. The fourth-order valence-corrected chi connectivity index (χ4v) is 3.34. The maximum absolute atomic E-state index is 12.6. The molecule has 0 aliphatic carbocycles. The van der Waals surface area contributed by atoms with E-state index in [0.29, 0.717) is 52.4 Å². The zero-order valence-electron chi connectivity index (χ0n) is 19.4. The van der Waals surface area contributed by atoms with E-state index in [-0.39, 0.29) is 6.61 Å². The van der Waals surface area contributed by atoms with Crippen molar-refractivity contribution >= 4 is 23.7 Å².